The SMILES string of the molecule is CC(C)(C)OC(=O)N1CCCC(O)Cc2c1cc(O)c1ccccc21. The lowest BCUT2D eigenvalue weighted by Crippen LogP contribution is -2.39. The van der Waals surface area contributed by atoms with Crippen LogP contribution in [0.3, 0.4) is 0 Å². The van der Waals surface area contributed by atoms with Crippen molar-refractivity contribution in [2.24, 2.45) is 0 Å². The van der Waals surface area contributed by atoms with Crippen molar-refractivity contribution in [1.29, 1.82) is 0 Å². The van der Waals surface area contributed by atoms with Crippen LogP contribution >= 0.6 is 0 Å². The smallest absolute Gasteiger partial charge is 0.414 e. The Bertz CT molecular complexity index is 794. The van der Waals surface area contributed by atoms with E-state index in [9.17, 15) is 15.0 Å². The molecule has 0 radical (unpaired) electrons. The Morgan fingerprint density at radius 3 is 2.60 bits per heavy atom. The van der Waals surface area contributed by atoms with Gasteiger partial charge in [0.05, 0.1) is 11.8 Å². The van der Waals surface area contributed by atoms with Crippen molar-refractivity contribution in [2.45, 2.75) is 51.7 Å². The fourth-order valence-corrected chi connectivity index (χ4v) is 3.31. The summed E-state index contributed by atoms with van der Waals surface area (Å²) in [6.07, 6.45) is 0.837. The molecular formula is C20H25NO4. The fourth-order valence-electron chi connectivity index (χ4n) is 3.31. The Hall–Kier alpha value is -2.27. The van der Waals surface area contributed by atoms with Gasteiger partial charge in [-0.05, 0) is 44.6 Å². The number of fused-ring (bicyclic) bond motifs is 3. The largest absolute Gasteiger partial charge is 0.507 e. The summed E-state index contributed by atoms with van der Waals surface area (Å²) in [5.41, 5.74) is 0.883. The predicted molar refractivity (Wildman–Crippen MR) is 98.1 cm³/mol. The second-order valence-electron chi connectivity index (χ2n) is 7.57. The minimum atomic E-state index is -0.599. The topological polar surface area (TPSA) is 70.0 Å². The average Bonchev–Trinajstić information content (AvgIpc) is 2.51. The molecule has 2 aromatic carbocycles. The van der Waals surface area contributed by atoms with Crippen molar-refractivity contribution in [1.82, 2.24) is 0 Å². The van der Waals surface area contributed by atoms with Gasteiger partial charge in [-0.25, -0.2) is 4.79 Å². The van der Waals surface area contributed by atoms with E-state index < -0.39 is 17.8 Å². The standard InChI is InChI=1S/C20H25NO4/c1-20(2,3)25-19(24)21-10-6-7-13(22)11-16-14-8-4-5-9-15(14)18(23)12-17(16)21/h4-5,8-9,12-13,22-23H,6-7,10-11H2,1-3H3. The molecule has 3 rings (SSSR count). The van der Waals surface area contributed by atoms with Gasteiger partial charge in [-0.2, -0.15) is 0 Å². The summed E-state index contributed by atoms with van der Waals surface area (Å²) in [4.78, 5) is 14.3. The zero-order chi connectivity index (χ0) is 18.2. The molecule has 5 heteroatoms. The molecule has 0 fully saturated rings. The van der Waals surface area contributed by atoms with Crippen molar-refractivity contribution in [3.05, 3.63) is 35.9 Å². The van der Waals surface area contributed by atoms with Crippen LogP contribution in [-0.4, -0.2) is 34.6 Å². The summed E-state index contributed by atoms with van der Waals surface area (Å²) in [6.45, 7) is 5.93. The van der Waals surface area contributed by atoms with Crippen LogP contribution in [0.5, 0.6) is 5.75 Å². The van der Waals surface area contributed by atoms with Gasteiger partial charge < -0.3 is 14.9 Å². The minimum Gasteiger partial charge on any atom is -0.507 e. The molecule has 0 bridgehead atoms. The van der Waals surface area contributed by atoms with Gasteiger partial charge in [0, 0.05) is 24.4 Å². The van der Waals surface area contributed by atoms with E-state index in [4.69, 9.17) is 4.74 Å². The quantitative estimate of drug-likeness (QED) is 0.759. The summed E-state index contributed by atoms with van der Waals surface area (Å²) >= 11 is 0. The molecule has 0 saturated heterocycles. The van der Waals surface area contributed by atoms with E-state index in [0.717, 1.165) is 16.3 Å². The molecular weight excluding hydrogens is 318 g/mol. The van der Waals surface area contributed by atoms with E-state index in [1.807, 2.05) is 45.0 Å². The number of hydrogen-bond acceptors (Lipinski definition) is 4. The summed E-state index contributed by atoms with van der Waals surface area (Å²) in [5, 5.41) is 22.3. The van der Waals surface area contributed by atoms with E-state index >= 15 is 0 Å². The highest BCUT2D eigenvalue weighted by Gasteiger charge is 2.29. The van der Waals surface area contributed by atoms with Gasteiger partial charge in [-0.1, -0.05) is 24.3 Å². The number of aliphatic hydroxyl groups is 1. The van der Waals surface area contributed by atoms with Crippen LogP contribution in [0, 0.1) is 0 Å². The molecule has 25 heavy (non-hydrogen) atoms. The Morgan fingerprint density at radius 1 is 1.24 bits per heavy atom. The number of rotatable bonds is 0. The number of aliphatic hydroxyl groups excluding tert-OH is 1. The van der Waals surface area contributed by atoms with E-state index in [2.05, 4.69) is 0 Å². The minimum absolute atomic E-state index is 0.123. The second kappa shape index (κ2) is 6.56. The van der Waals surface area contributed by atoms with Crippen LogP contribution in [0.4, 0.5) is 10.5 Å². The lowest BCUT2D eigenvalue weighted by Gasteiger charge is -2.32. The third-order valence-corrected chi connectivity index (χ3v) is 4.37. The van der Waals surface area contributed by atoms with Gasteiger partial charge in [0.1, 0.15) is 11.4 Å². The fraction of sp³-hybridized carbons (Fsp3) is 0.450. The zero-order valence-electron chi connectivity index (χ0n) is 15.0. The Morgan fingerprint density at radius 2 is 1.92 bits per heavy atom. The van der Waals surface area contributed by atoms with E-state index in [-0.39, 0.29) is 5.75 Å². The molecule has 5 nitrogen and oxygen atoms in total. The third-order valence-electron chi connectivity index (χ3n) is 4.37. The Balaban J connectivity index is 2.15. The number of phenols is 1. The van der Waals surface area contributed by atoms with Crippen LogP contribution in [0.15, 0.2) is 30.3 Å². The molecule has 2 aromatic rings. The van der Waals surface area contributed by atoms with Gasteiger partial charge in [0.25, 0.3) is 0 Å². The second-order valence-corrected chi connectivity index (χ2v) is 7.57. The molecule has 1 aliphatic heterocycles. The van der Waals surface area contributed by atoms with Crippen molar-refractivity contribution in [3.63, 3.8) is 0 Å². The van der Waals surface area contributed by atoms with Crippen LogP contribution < -0.4 is 4.90 Å². The summed E-state index contributed by atoms with van der Waals surface area (Å²) < 4.78 is 5.55. The first-order chi connectivity index (χ1) is 11.8. The molecule has 1 heterocycles. The Labute approximate surface area is 147 Å². The molecule has 1 aliphatic rings. The maximum Gasteiger partial charge on any atom is 0.414 e. The molecule has 1 unspecified atom stereocenters. The number of anilines is 1. The summed E-state index contributed by atoms with van der Waals surface area (Å²) in [7, 11) is 0. The first kappa shape index (κ1) is 17.5. The van der Waals surface area contributed by atoms with Crippen LogP contribution in [0.2, 0.25) is 0 Å². The average molecular weight is 343 g/mol. The molecule has 2 N–H and O–H groups in total. The monoisotopic (exact) mass is 343 g/mol. The van der Waals surface area contributed by atoms with E-state index in [0.29, 0.717) is 31.5 Å². The number of carbonyl (C=O) groups excluding carboxylic acids is 1. The first-order valence-corrected chi connectivity index (χ1v) is 8.68. The molecule has 134 valence electrons. The number of benzene rings is 2. The number of phenolic OH excluding ortho intramolecular Hbond substituents is 1. The van der Waals surface area contributed by atoms with Crippen molar-refractivity contribution < 1.29 is 19.7 Å². The summed E-state index contributed by atoms with van der Waals surface area (Å²) in [6, 6.07) is 9.12. The van der Waals surface area contributed by atoms with Crippen molar-refractivity contribution >= 4 is 22.6 Å². The molecule has 1 amide bonds. The molecule has 0 saturated carbocycles. The number of carbonyl (C=O) groups is 1. The molecule has 0 spiro atoms. The van der Waals surface area contributed by atoms with Gasteiger partial charge in [-0.15, -0.1) is 0 Å². The highest BCUT2D eigenvalue weighted by molar-refractivity contribution is 5.99. The number of aromatic hydroxyl groups is 1. The predicted octanol–water partition coefficient (Wildman–Crippen LogP) is 3.98. The lowest BCUT2D eigenvalue weighted by molar-refractivity contribution is 0.0574. The van der Waals surface area contributed by atoms with Crippen LogP contribution in [-0.2, 0) is 11.2 Å². The lowest BCUT2D eigenvalue weighted by atomic mass is 9.93. The normalized spacial score (nSPS) is 18.4. The van der Waals surface area contributed by atoms with E-state index in [1.54, 1.807) is 11.0 Å². The maximum atomic E-state index is 12.7. The number of ether oxygens (including phenoxy) is 1. The molecule has 0 aromatic heterocycles. The Kier molecular flexibility index (Phi) is 4.60. The number of nitrogens with zero attached hydrogens (tertiary/aromatic N) is 1. The highest BCUT2D eigenvalue weighted by atomic mass is 16.6. The van der Waals surface area contributed by atoms with E-state index in [1.165, 1.54) is 0 Å². The van der Waals surface area contributed by atoms with Gasteiger partial charge in [-0.3, -0.25) is 4.90 Å². The highest BCUT2D eigenvalue weighted by Crippen LogP contribution is 2.38. The van der Waals surface area contributed by atoms with Gasteiger partial charge in [0.2, 0.25) is 0 Å². The van der Waals surface area contributed by atoms with Crippen molar-refractivity contribution in [3.8, 4) is 5.75 Å². The molecule has 0 aliphatic carbocycles. The zero-order valence-corrected chi connectivity index (χ0v) is 15.0. The summed E-state index contributed by atoms with van der Waals surface area (Å²) in [5.74, 6) is 0.123. The number of amides is 1. The molecule has 1 atom stereocenters. The van der Waals surface area contributed by atoms with Crippen LogP contribution in [0.25, 0.3) is 10.8 Å². The van der Waals surface area contributed by atoms with Gasteiger partial charge >= 0.3 is 6.09 Å². The third kappa shape index (κ3) is 3.71. The number of hydrogen-bond donors (Lipinski definition) is 2. The first-order valence-electron chi connectivity index (χ1n) is 8.68. The van der Waals surface area contributed by atoms with Gasteiger partial charge in [0.15, 0.2) is 0 Å². The van der Waals surface area contributed by atoms with Crippen LogP contribution in [0.1, 0.15) is 39.2 Å². The maximum absolute atomic E-state index is 12.7. The van der Waals surface area contributed by atoms with Crippen molar-refractivity contribution in [2.75, 3.05) is 11.4 Å².